The number of aliphatic carboxylic acids is 1. The highest BCUT2D eigenvalue weighted by Crippen LogP contribution is 2.07. The molecule has 0 aliphatic heterocycles. The molecular formula is C19H31N7O7. The Morgan fingerprint density at radius 3 is 2.09 bits per heavy atom. The Morgan fingerprint density at radius 1 is 1.03 bits per heavy atom. The van der Waals surface area contributed by atoms with Crippen molar-refractivity contribution in [3.05, 3.63) is 18.2 Å². The third-order valence-electron chi connectivity index (χ3n) is 4.51. The molecule has 1 aromatic rings. The van der Waals surface area contributed by atoms with Crippen LogP contribution in [0.5, 0.6) is 0 Å². The van der Waals surface area contributed by atoms with Crippen LogP contribution in [0.25, 0.3) is 0 Å². The number of nitrogens with one attached hydrogen (secondary N) is 4. The van der Waals surface area contributed by atoms with E-state index in [4.69, 9.17) is 11.5 Å². The number of amides is 4. The summed E-state index contributed by atoms with van der Waals surface area (Å²) >= 11 is 0. The van der Waals surface area contributed by atoms with Crippen LogP contribution in [0, 0.1) is 5.92 Å². The number of imidazole rings is 1. The number of aliphatic hydroxyl groups is 1. The number of carboxylic acids is 1. The fraction of sp³-hybridized carbons (Fsp3) is 0.579. The summed E-state index contributed by atoms with van der Waals surface area (Å²) in [4.78, 5) is 66.4. The van der Waals surface area contributed by atoms with Gasteiger partial charge in [0.1, 0.15) is 18.1 Å². The fourth-order valence-corrected chi connectivity index (χ4v) is 2.85. The van der Waals surface area contributed by atoms with E-state index in [1.165, 1.54) is 12.5 Å². The second-order valence-corrected chi connectivity index (χ2v) is 7.89. The van der Waals surface area contributed by atoms with Crippen LogP contribution < -0.4 is 27.4 Å². The van der Waals surface area contributed by atoms with E-state index in [1.54, 1.807) is 13.8 Å². The summed E-state index contributed by atoms with van der Waals surface area (Å²) in [6, 6.07) is -5.21. The van der Waals surface area contributed by atoms with Crippen molar-refractivity contribution in [2.45, 2.75) is 57.3 Å². The number of hydrogen-bond acceptors (Lipinski definition) is 8. The topological polar surface area (TPSA) is 243 Å². The molecule has 33 heavy (non-hydrogen) atoms. The summed E-state index contributed by atoms with van der Waals surface area (Å²) < 4.78 is 0. The molecule has 0 radical (unpaired) electrons. The van der Waals surface area contributed by atoms with Crippen molar-refractivity contribution in [2.75, 3.05) is 6.61 Å². The summed E-state index contributed by atoms with van der Waals surface area (Å²) in [7, 11) is 0. The highest BCUT2D eigenvalue weighted by Gasteiger charge is 2.30. The number of H-pyrrole nitrogens is 1. The van der Waals surface area contributed by atoms with Crippen molar-refractivity contribution in [3.63, 3.8) is 0 Å². The molecule has 1 rings (SSSR count). The number of carboxylic acid groups (broad SMARTS) is 1. The summed E-state index contributed by atoms with van der Waals surface area (Å²) in [6.07, 6.45) is 2.40. The fourth-order valence-electron chi connectivity index (χ4n) is 2.85. The van der Waals surface area contributed by atoms with E-state index in [0.717, 1.165) is 0 Å². The number of aromatic nitrogens is 2. The zero-order valence-electron chi connectivity index (χ0n) is 18.4. The molecule has 1 heterocycles. The van der Waals surface area contributed by atoms with E-state index in [-0.39, 0.29) is 18.8 Å². The molecular weight excluding hydrogens is 438 g/mol. The molecule has 0 saturated carbocycles. The molecule has 4 amide bonds. The van der Waals surface area contributed by atoms with Gasteiger partial charge in [0.05, 0.1) is 25.4 Å². The highest BCUT2D eigenvalue weighted by molar-refractivity contribution is 5.95. The molecule has 1 aromatic heterocycles. The van der Waals surface area contributed by atoms with Gasteiger partial charge < -0.3 is 42.6 Å². The van der Waals surface area contributed by atoms with Gasteiger partial charge in [-0.1, -0.05) is 13.8 Å². The number of nitrogens with two attached hydrogens (primary N) is 2. The normalized spacial score (nSPS) is 14.6. The number of hydrogen-bond donors (Lipinski definition) is 8. The third-order valence-corrected chi connectivity index (χ3v) is 4.51. The quantitative estimate of drug-likeness (QED) is 0.136. The minimum Gasteiger partial charge on any atom is -0.480 e. The molecule has 4 atom stereocenters. The average Bonchev–Trinajstić information content (AvgIpc) is 3.22. The van der Waals surface area contributed by atoms with E-state index < -0.39 is 66.8 Å². The number of rotatable bonds is 14. The first kappa shape index (κ1) is 27.5. The van der Waals surface area contributed by atoms with Gasteiger partial charge in [0, 0.05) is 18.3 Å². The lowest BCUT2D eigenvalue weighted by Gasteiger charge is -2.25. The van der Waals surface area contributed by atoms with Gasteiger partial charge >= 0.3 is 5.97 Å². The van der Waals surface area contributed by atoms with E-state index >= 15 is 0 Å². The molecule has 0 aromatic carbocycles. The standard InChI is InChI=1S/C19H31N7O7/c1-9(2)3-12(24-16(29)11(20)5-15(21)28)17(30)26-14(7-27)18(31)25-13(19(32)33)4-10-6-22-8-23-10/h6,8-9,11-14,27H,3-5,7,20H2,1-2H3,(H2,21,28)(H,22,23)(H,24,29)(H,25,31)(H,26,30)(H,32,33). The van der Waals surface area contributed by atoms with E-state index in [0.29, 0.717) is 5.69 Å². The van der Waals surface area contributed by atoms with Crippen molar-refractivity contribution in [2.24, 2.45) is 17.4 Å². The number of aromatic amines is 1. The third kappa shape index (κ3) is 9.65. The predicted molar refractivity (Wildman–Crippen MR) is 114 cm³/mol. The van der Waals surface area contributed by atoms with Gasteiger partial charge in [0.25, 0.3) is 0 Å². The highest BCUT2D eigenvalue weighted by atomic mass is 16.4. The number of nitrogens with zero attached hydrogens (tertiary/aromatic N) is 1. The number of primary amides is 1. The molecule has 184 valence electrons. The first-order chi connectivity index (χ1) is 15.4. The Morgan fingerprint density at radius 2 is 1.61 bits per heavy atom. The molecule has 0 fully saturated rings. The largest absolute Gasteiger partial charge is 0.480 e. The Balaban J connectivity index is 2.84. The van der Waals surface area contributed by atoms with Crippen LogP contribution in [0.2, 0.25) is 0 Å². The summed E-state index contributed by atoms with van der Waals surface area (Å²) in [6.45, 7) is 2.76. The van der Waals surface area contributed by atoms with Gasteiger partial charge in [0.15, 0.2) is 0 Å². The predicted octanol–water partition coefficient (Wildman–Crippen LogP) is -3.27. The Labute approximate surface area is 189 Å². The molecule has 10 N–H and O–H groups in total. The lowest BCUT2D eigenvalue weighted by Crippen LogP contribution is -2.58. The maximum atomic E-state index is 12.7. The summed E-state index contributed by atoms with van der Waals surface area (Å²) in [5.74, 6) is -4.68. The minimum absolute atomic E-state index is 0.0550. The van der Waals surface area contributed by atoms with Crippen LogP contribution in [-0.2, 0) is 30.4 Å². The first-order valence-corrected chi connectivity index (χ1v) is 10.2. The van der Waals surface area contributed by atoms with Crippen molar-refractivity contribution < 1.29 is 34.2 Å². The van der Waals surface area contributed by atoms with E-state index in [9.17, 15) is 34.2 Å². The van der Waals surface area contributed by atoms with Crippen LogP contribution in [-0.4, -0.2) is 80.6 Å². The molecule has 0 saturated heterocycles. The molecule has 4 unspecified atom stereocenters. The minimum atomic E-state index is -1.48. The zero-order chi connectivity index (χ0) is 25.1. The Kier molecular flexibility index (Phi) is 10.9. The van der Waals surface area contributed by atoms with Crippen molar-refractivity contribution in [3.8, 4) is 0 Å². The van der Waals surface area contributed by atoms with Crippen LogP contribution in [0.4, 0.5) is 0 Å². The number of aliphatic hydroxyl groups excluding tert-OH is 1. The van der Waals surface area contributed by atoms with Crippen LogP contribution in [0.1, 0.15) is 32.4 Å². The maximum Gasteiger partial charge on any atom is 0.326 e. The second kappa shape index (κ2) is 13.1. The number of carbonyl (C=O) groups is 5. The monoisotopic (exact) mass is 469 g/mol. The maximum absolute atomic E-state index is 12.7. The average molecular weight is 469 g/mol. The summed E-state index contributed by atoms with van der Waals surface area (Å²) in [5, 5.41) is 25.9. The van der Waals surface area contributed by atoms with E-state index in [1.807, 2.05) is 0 Å². The van der Waals surface area contributed by atoms with Crippen LogP contribution >= 0.6 is 0 Å². The molecule has 0 bridgehead atoms. The van der Waals surface area contributed by atoms with Crippen LogP contribution in [0.3, 0.4) is 0 Å². The Hall–Kier alpha value is -3.52. The number of carbonyl (C=O) groups excluding carboxylic acids is 4. The lowest BCUT2D eigenvalue weighted by atomic mass is 10.0. The van der Waals surface area contributed by atoms with Crippen molar-refractivity contribution in [1.29, 1.82) is 0 Å². The van der Waals surface area contributed by atoms with Crippen molar-refractivity contribution >= 4 is 29.6 Å². The van der Waals surface area contributed by atoms with Gasteiger partial charge in [0.2, 0.25) is 23.6 Å². The smallest absolute Gasteiger partial charge is 0.326 e. The second-order valence-electron chi connectivity index (χ2n) is 7.89. The van der Waals surface area contributed by atoms with Crippen molar-refractivity contribution in [1.82, 2.24) is 25.9 Å². The van der Waals surface area contributed by atoms with Gasteiger partial charge in [-0.15, -0.1) is 0 Å². The summed E-state index contributed by atoms with van der Waals surface area (Å²) in [5.41, 5.74) is 11.1. The van der Waals surface area contributed by atoms with Gasteiger partial charge in [-0.05, 0) is 12.3 Å². The van der Waals surface area contributed by atoms with Gasteiger partial charge in [-0.3, -0.25) is 19.2 Å². The molecule has 14 nitrogen and oxygen atoms in total. The molecule has 0 aliphatic carbocycles. The Bertz CT molecular complexity index is 828. The van der Waals surface area contributed by atoms with Gasteiger partial charge in [-0.2, -0.15) is 0 Å². The zero-order valence-corrected chi connectivity index (χ0v) is 18.4. The SMILES string of the molecule is CC(C)CC(NC(=O)C(N)CC(N)=O)C(=O)NC(CO)C(=O)NC(Cc1cnc[nH]1)C(=O)O. The first-order valence-electron chi connectivity index (χ1n) is 10.2. The van der Waals surface area contributed by atoms with Crippen LogP contribution in [0.15, 0.2) is 12.5 Å². The molecule has 14 heteroatoms. The molecule has 0 spiro atoms. The van der Waals surface area contributed by atoms with E-state index in [2.05, 4.69) is 25.9 Å². The molecule has 0 aliphatic rings. The van der Waals surface area contributed by atoms with Gasteiger partial charge in [-0.25, -0.2) is 9.78 Å². The lowest BCUT2D eigenvalue weighted by molar-refractivity contribution is -0.142.